The SMILES string of the molecule is N#Cc1ccc(Nc2ncnc(Cl)c2OCc2ccccc2)cc1. The molecule has 1 aromatic heterocycles. The van der Waals surface area contributed by atoms with Gasteiger partial charge in [0.15, 0.2) is 16.7 Å². The van der Waals surface area contributed by atoms with Crippen LogP contribution in [0, 0.1) is 11.3 Å². The fourth-order valence-electron chi connectivity index (χ4n) is 2.06. The van der Waals surface area contributed by atoms with E-state index in [4.69, 9.17) is 21.6 Å². The Morgan fingerprint density at radius 3 is 2.50 bits per heavy atom. The summed E-state index contributed by atoms with van der Waals surface area (Å²) < 4.78 is 5.80. The molecule has 0 unspecified atom stereocenters. The molecular weight excluding hydrogens is 324 g/mol. The molecule has 0 spiro atoms. The fourth-order valence-corrected chi connectivity index (χ4v) is 2.25. The largest absolute Gasteiger partial charge is 0.482 e. The molecule has 2 aromatic carbocycles. The van der Waals surface area contributed by atoms with Gasteiger partial charge in [-0.2, -0.15) is 5.26 Å². The summed E-state index contributed by atoms with van der Waals surface area (Å²) in [5.41, 5.74) is 2.37. The summed E-state index contributed by atoms with van der Waals surface area (Å²) in [5.74, 6) is 0.850. The smallest absolute Gasteiger partial charge is 0.199 e. The van der Waals surface area contributed by atoms with Crippen molar-refractivity contribution >= 4 is 23.1 Å². The van der Waals surface area contributed by atoms with Gasteiger partial charge >= 0.3 is 0 Å². The molecule has 3 aromatic rings. The quantitative estimate of drug-likeness (QED) is 0.702. The number of nitrogens with one attached hydrogen (secondary N) is 1. The number of benzene rings is 2. The average Bonchev–Trinajstić information content (AvgIpc) is 2.63. The third-order valence-corrected chi connectivity index (χ3v) is 3.53. The van der Waals surface area contributed by atoms with E-state index in [-0.39, 0.29) is 5.15 Å². The van der Waals surface area contributed by atoms with Crippen molar-refractivity contribution in [3.05, 3.63) is 77.2 Å². The first-order chi connectivity index (χ1) is 11.8. The topological polar surface area (TPSA) is 70.8 Å². The summed E-state index contributed by atoms with van der Waals surface area (Å²) in [7, 11) is 0. The van der Waals surface area contributed by atoms with Crippen molar-refractivity contribution in [1.29, 1.82) is 5.26 Å². The normalized spacial score (nSPS) is 10.0. The maximum Gasteiger partial charge on any atom is 0.199 e. The molecule has 0 amide bonds. The number of nitriles is 1. The van der Waals surface area contributed by atoms with Crippen molar-refractivity contribution in [2.45, 2.75) is 6.61 Å². The zero-order valence-corrected chi connectivity index (χ0v) is 13.4. The molecule has 0 saturated heterocycles. The van der Waals surface area contributed by atoms with Crippen LogP contribution in [0.4, 0.5) is 11.5 Å². The summed E-state index contributed by atoms with van der Waals surface area (Å²) in [4.78, 5) is 8.16. The maximum atomic E-state index is 8.85. The number of anilines is 2. The second kappa shape index (κ2) is 7.44. The van der Waals surface area contributed by atoms with Gasteiger partial charge in [-0.3, -0.25) is 0 Å². The minimum absolute atomic E-state index is 0.233. The highest BCUT2D eigenvalue weighted by Gasteiger charge is 2.12. The molecule has 0 radical (unpaired) electrons. The highest BCUT2D eigenvalue weighted by Crippen LogP contribution is 2.31. The molecule has 0 aliphatic carbocycles. The molecule has 5 nitrogen and oxygen atoms in total. The van der Waals surface area contributed by atoms with Crippen LogP contribution in [0.3, 0.4) is 0 Å². The Bertz CT molecular complexity index is 860. The van der Waals surface area contributed by atoms with E-state index < -0.39 is 0 Å². The number of ether oxygens (including phenoxy) is 1. The van der Waals surface area contributed by atoms with Gasteiger partial charge in [0.05, 0.1) is 11.6 Å². The molecule has 24 heavy (non-hydrogen) atoms. The van der Waals surface area contributed by atoms with Gasteiger partial charge in [-0.25, -0.2) is 9.97 Å². The molecule has 0 aliphatic heterocycles. The van der Waals surface area contributed by atoms with Crippen LogP contribution in [0.25, 0.3) is 0 Å². The van der Waals surface area contributed by atoms with Crippen LogP contribution < -0.4 is 10.1 Å². The number of nitrogens with zero attached hydrogens (tertiary/aromatic N) is 3. The van der Waals surface area contributed by atoms with Gasteiger partial charge in [0.1, 0.15) is 12.9 Å². The van der Waals surface area contributed by atoms with Crippen molar-refractivity contribution in [3.63, 3.8) is 0 Å². The third kappa shape index (κ3) is 3.80. The van der Waals surface area contributed by atoms with Crippen LogP contribution in [0.1, 0.15) is 11.1 Å². The molecule has 0 saturated carbocycles. The van der Waals surface area contributed by atoms with Gasteiger partial charge in [0, 0.05) is 5.69 Å². The Labute approximate surface area is 144 Å². The summed E-state index contributed by atoms with van der Waals surface area (Å²) in [5, 5.41) is 12.2. The summed E-state index contributed by atoms with van der Waals surface area (Å²) >= 11 is 6.15. The van der Waals surface area contributed by atoms with Crippen LogP contribution in [-0.4, -0.2) is 9.97 Å². The van der Waals surface area contributed by atoms with Crippen molar-refractivity contribution in [2.75, 3.05) is 5.32 Å². The average molecular weight is 337 g/mol. The molecule has 0 atom stereocenters. The second-order valence-electron chi connectivity index (χ2n) is 4.93. The molecule has 0 bridgehead atoms. The Hall–Kier alpha value is -3.10. The molecule has 3 rings (SSSR count). The Kier molecular flexibility index (Phi) is 4.90. The van der Waals surface area contributed by atoms with Crippen LogP contribution in [0.2, 0.25) is 5.15 Å². The van der Waals surface area contributed by atoms with Crippen molar-refractivity contribution in [3.8, 4) is 11.8 Å². The summed E-state index contributed by atoms with van der Waals surface area (Å²) in [6.07, 6.45) is 1.36. The lowest BCUT2D eigenvalue weighted by Crippen LogP contribution is -2.03. The molecule has 6 heteroatoms. The lowest BCUT2D eigenvalue weighted by molar-refractivity contribution is 0.305. The first-order valence-corrected chi connectivity index (χ1v) is 7.58. The predicted molar refractivity (Wildman–Crippen MR) is 92.3 cm³/mol. The molecular formula is C18H13ClN4O. The monoisotopic (exact) mass is 336 g/mol. The molecule has 0 fully saturated rings. The predicted octanol–water partition coefficient (Wildman–Crippen LogP) is 4.32. The van der Waals surface area contributed by atoms with Gasteiger partial charge in [0.25, 0.3) is 0 Å². The summed E-state index contributed by atoms with van der Waals surface area (Å²) in [6.45, 7) is 0.357. The first kappa shape index (κ1) is 15.8. The molecule has 1 N–H and O–H groups in total. The van der Waals surface area contributed by atoms with E-state index in [1.807, 2.05) is 30.3 Å². The lowest BCUT2D eigenvalue weighted by atomic mass is 10.2. The number of hydrogen-bond donors (Lipinski definition) is 1. The molecule has 1 heterocycles. The van der Waals surface area contributed by atoms with Gasteiger partial charge < -0.3 is 10.1 Å². The Morgan fingerprint density at radius 1 is 1.04 bits per heavy atom. The zero-order chi connectivity index (χ0) is 16.8. The van der Waals surface area contributed by atoms with E-state index in [2.05, 4.69) is 21.4 Å². The third-order valence-electron chi connectivity index (χ3n) is 3.26. The van der Waals surface area contributed by atoms with Crippen molar-refractivity contribution in [2.24, 2.45) is 0 Å². The van der Waals surface area contributed by atoms with Gasteiger partial charge in [-0.05, 0) is 29.8 Å². The van der Waals surface area contributed by atoms with Crippen LogP contribution in [-0.2, 0) is 6.61 Å². The second-order valence-corrected chi connectivity index (χ2v) is 5.29. The van der Waals surface area contributed by atoms with E-state index in [0.717, 1.165) is 11.3 Å². The van der Waals surface area contributed by atoms with E-state index >= 15 is 0 Å². The Balaban J connectivity index is 1.80. The summed E-state index contributed by atoms with van der Waals surface area (Å²) in [6, 6.07) is 18.8. The minimum atomic E-state index is 0.233. The number of rotatable bonds is 5. The highest BCUT2D eigenvalue weighted by molar-refractivity contribution is 6.31. The van der Waals surface area contributed by atoms with E-state index in [1.165, 1.54) is 6.33 Å². The maximum absolute atomic E-state index is 8.85. The minimum Gasteiger partial charge on any atom is -0.482 e. The number of hydrogen-bond acceptors (Lipinski definition) is 5. The van der Waals surface area contributed by atoms with Crippen LogP contribution in [0.15, 0.2) is 60.9 Å². The molecule has 0 aliphatic rings. The van der Waals surface area contributed by atoms with Crippen molar-refractivity contribution < 1.29 is 4.74 Å². The van der Waals surface area contributed by atoms with Crippen molar-refractivity contribution in [1.82, 2.24) is 9.97 Å². The van der Waals surface area contributed by atoms with Gasteiger partial charge in [0.2, 0.25) is 0 Å². The Morgan fingerprint density at radius 2 is 1.79 bits per heavy atom. The lowest BCUT2D eigenvalue weighted by Gasteiger charge is -2.13. The number of halogens is 1. The first-order valence-electron chi connectivity index (χ1n) is 7.20. The highest BCUT2D eigenvalue weighted by atomic mass is 35.5. The zero-order valence-electron chi connectivity index (χ0n) is 12.6. The number of aromatic nitrogens is 2. The fraction of sp³-hybridized carbons (Fsp3) is 0.0556. The van der Waals surface area contributed by atoms with Gasteiger partial charge in [-0.1, -0.05) is 41.9 Å². The van der Waals surface area contributed by atoms with E-state index in [1.54, 1.807) is 24.3 Å². The van der Waals surface area contributed by atoms with E-state index in [0.29, 0.717) is 23.7 Å². The van der Waals surface area contributed by atoms with Crippen LogP contribution >= 0.6 is 11.6 Å². The van der Waals surface area contributed by atoms with Crippen LogP contribution in [0.5, 0.6) is 5.75 Å². The van der Waals surface area contributed by atoms with Gasteiger partial charge in [-0.15, -0.1) is 0 Å². The molecule has 118 valence electrons. The van der Waals surface area contributed by atoms with E-state index in [9.17, 15) is 0 Å². The standard InChI is InChI=1S/C18H13ClN4O/c19-17-16(24-11-14-4-2-1-3-5-14)18(22-12-21-17)23-15-8-6-13(10-20)7-9-15/h1-9,12H,11H2,(H,21,22,23).